The third kappa shape index (κ3) is 5.77. The normalized spacial score (nSPS) is 11.5. The fraction of sp³-hybridized carbons (Fsp3) is 0.185. The lowest BCUT2D eigenvalue weighted by atomic mass is 10.1. The van der Waals surface area contributed by atoms with Gasteiger partial charge >= 0.3 is 0 Å². The van der Waals surface area contributed by atoms with Crippen molar-refractivity contribution in [3.05, 3.63) is 82.6 Å². The highest BCUT2D eigenvalue weighted by Gasteiger charge is 2.22. The van der Waals surface area contributed by atoms with Crippen LogP contribution in [0.3, 0.4) is 0 Å². The van der Waals surface area contributed by atoms with Gasteiger partial charge in [-0.2, -0.15) is 4.37 Å². The Hall–Kier alpha value is -3.86. The topological polar surface area (TPSA) is 109 Å². The van der Waals surface area contributed by atoms with Crippen LogP contribution in [-0.2, 0) is 6.54 Å². The lowest BCUT2D eigenvalue weighted by Crippen LogP contribution is -2.27. The zero-order valence-electron chi connectivity index (χ0n) is 20.3. The highest BCUT2D eigenvalue weighted by Crippen LogP contribution is 2.29. The summed E-state index contributed by atoms with van der Waals surface area (Å²) in [4.78, 5) is 31.7. The van der Waals surface area contributed by atoms with Gasteiger partial charge in [-0.3, -0.25) is 14.9 Å². The van der Waals surface area contributed by atoms with E-state index in [-0.39, 0.29) is 24.8 Å². The van der Waals surface area contributed by atoms with Crippen LogP contribution in [0.4, 0.5) is 11.6 Å². The van der Waals surface area contributed by atoms with Crippen molar-refractivity contribution in [3.63, 3.8) is 0 Å². The van der Waals surface area contributed by atoms with Gasteiger partial charge in [0.05, 0.1) is 45.2 Å². The molecule has 8 nitrogen and oxygen atoms in total. The number of thiophene rings is 1. The predicted octanol–water partition coefficient (Wildman–Crippen LogP) is 5.54. The standard InChI is InChI=1S/C27H25N5O3S2/c1-27(2,35)16-32-21-9-8-18(28-15-22(33)17-6-4-3-5-7-17)14-20(21)29-26(32)30-25(34)24-11-10-23(37-24)19-12-13-36-31-19/h3-14,28,35H,15-16H2,1-2H3,(H,29,30,34). The number of benzene rings is 2. The van der Waals surface area contributed by atoms with Gasteiger partial charge in [-0.05, 0) is 61.8 Å². The Morgan fingerprint density at radius 2 is 1.86 bits per heavy atom. The Balaban J connectivity index is 1.39. The van der Waals surface area contributed by atoms with Gasteiger partial charge < -0.3 is 15.0 Å². The van der Waals surface area contributed by atoms with Gasteiger partial charge in [-0.25, -0.2) is 4.98 Å². The molecule has 0 saturated heterocycles. The van der Waals surface area contributed by atoms with Crippen molar-refractivity contribution in [2.45, 2.75) is 26.0 Å². The number of aromatic nitrogens is 3. The molecule has 0 aliphatic heterocycles. The van der Waals surface area contributed by atoms with E-state index >= 15 is 0 Å². The number of Topliss-reactive ketones (excluding diaryl/α,β-unsaturated/α-hetero) is 1. The molecule has 3 aromatic heterocycles. The smallest absolute Gasteiger partial charge is 0.268 e. The fourth-order valence-electron chi connectivity index (χ4n) is 3.89. The molecule has 0 fully saturated rings. The summed E-state index contributed by atoms with van der Waals surface area (Å²) in [5, 5.41) is 18.5. The number of imidazole rings is 1. The average Bonchev–Trinajstić information content (AvgIpc) is 3.63. The zero-order valence-corrected chi connectivity index (χ0v) is 21.9. The number of amides is 1. The van der Waals surface area contributed by atoms with Crippen LogP contribution in [0.5, 0.6) is 0 Å². The summed E-state index contributed by atoms with van der Waals surface area (Å²) in [6, 6.07) is 20.2. The molecule has 0 aliphatic rings. The molecule has 188 valence electrons. The maximum atomic E-state index is 13.1. The van der Waals surface area contributed by atoms with Crippen molar-refractivity contribution in [1.29, 1.82) is 0 Å². The monoisotopic (exact) mass is 531 g/mol. The van der Waals surface area contributed by atoms with Crippen molar-refractivity contribution in [2.24, 2.45) is 0 Å². The second kappa shape index (κ2) is 10.3. The molecular weight excluding hydrogens is 506 g/mol. The van der Waals surface area contributed by atoms with E-state index < -0.39 is 5.60 Å². The van der Waals surface area contributed by atoms with Crippen LogP contribution < -0.4 is 10.6 Å². The SMILES string of the molecule is CC(C)(O)Cn1c(NC(=O)c2ccc(-c3ccsn3)s2)nc2cc(NCC(=O)c3ccccc3)ccc21. The largest absolute Gasteiger partial charge is 0.389 e. The van der Waals surface area contributed by atoms with E-state index in [4.69, 9.17) is 0 Å². The minimum atomic E-state index is -1.03. The predicted molar refractivity (Wildman–Crippen MR) is 149 cm³/mol. The second-order valence-electron chi connectivity index (χ2n) is 9.18. The summed E-state index contributed by atoms with van der Waals surface area (Å²) >= 11 is 2.72. The van der Waals surface area contributed by atoms with Gasteiger partial charge in [0.15, 0.2) is 5.78 Å². The third-order valence-corrected chi connectivity index (χ3v) is 7.25. The van der Waals surface area contributed by atoms with Crippen molar-refractivity contribution in [3.8, 4) is 10.6 Å². The lowest BCUT2D eigenvalue weighted by Gasteiger charge is -2.20. The molecule has 0 saturated carbocycles. The number of fused-ring (bicyclic) bond motifs is 1. The van der Waals surface area contributed by atoms with Crippen LogP contribution >= 0.6 is 22.9 Å². The van der Waals surface area contributed by atoms with Crippen molar-refractivity contribution in [2.75, 3.05) is 17.2 Å². The van der Waals surface area contributed by atoms with E-state index in [0.29, 0.717) is 21.9 Å². The first-order valence-corrected chi connectivity index (χ1v) is 13.3. The van der Waals surface area contributed by atoms with E-state index in [9.17, 15) is 14.7 Å². The van der Waals surface area contributed by atoms with E-state index in [0.717, 1.165) is 21.8 Å². The number of ketones is 1. The molecular formula is C27H25N5O3S2. The van der Waals surface area contributed by atoms with Gasteiger partial charge in [0.25, 0.3) is 5.91 Å². The van der Waals surface area contributed by atoms with Crippen molar-refractivity contribution < 1.29 is 14.7 Å². The van der Waals surface area contributed by atoms with E-state index in [1.165, 1.54) is 22.9 Å². The lowest BCUT2D eigenvalue weighted by molar-refractivity contribution is 0.0630. The Bertz CT molecular complexity index is 1550. The van der Waals surface area contributed by atoms with E-state index in [1.54, 1.807) is 36.6 Å². The molecule has 0 spiro atoms. The Kier molecular flexibility index (Phi) is 6.88. The van der Waals surface area contributed by atoms with Gasteiger partial charge in [-0.1, -0.05) is 30.3 Å². The first-order valence-electron chi connectivity index (χ1n) is 11.6. The third-order valence-electron chi connectivity index (χ3n) is 5.59. The summed E-state index contributed by atoms with van der Waals surface area (Å²) < 4.78 is 6.12. The summed E-state index contributed by atoms with van der Waals surface area (Å²) in [5.41, 5.74) is 2.56. The fourth-order valence-corrected chi connectivity index (χ4v) is 5.34. The molecule has 5 aromatic rings. The number of rotatable bonds is 9. The van der Waals surface area contributed by atoms with Crippen molar-refractivity contribution >= 4 is 57.2 Å². The number of aliphatic hydroxyl groups is 1. The maximum absolute atomic E-state index is 13.1. The minimum Gasteiger partial charge on any atom is -0.389 e. The van der Waals surface area contributed by atoms with Crippen LogP contribution in [0.2, 0.25) is 0 Å². The van der Waals surface area contributed by atoms with E-state index in [1.807, 2.05) is 53.9 Å². The summed E-state index contributed by atoms with van der Waals surface area (Å²) in [6.45, 7) is 3.78. The molecule has 3 N–H and O–H groups in total. The molecule has 0 atom stereocenters. The van der Waals surface area contributed by atoms with Gasteiger partial charge in [0.2, 0.25) is 5.95 Å². The Labute approximate surface area is 221 Å². The molecule has 0 aliphatic carbocycles. The highest BCUT2D eigenvalue weighted by atomic mass is 32.1. The molecule has 10 heteroatoms. The van der Waals surface area contributed by atoms with Gasteiger partial charge in [0.1, 0.15) is 0 Å². The average molecular weight is 532 g/mol. The first-order chi connectivity index (χ1) is 17.8. The van der Waals surface area contributed by atoms with Gasteiger partial charge in [0, 0.05) is 16.6 Å². The first kappa shape index (κ1) is 24.8. The highest BCUT2D eigenvalue weighted by molar-refractivity contribution is 7.17. The van der Waals surface area contributed by atoms with Gasteiger partial charge in [-0.15, -0.1) is 11.3 Å². The molecule has 3 heterocycles. The van der Waals surface area contributed by atoms with E-state index in [2.05, 4.69) is 20.0 Å². The summed E-state index contributed by atoms with van der Waals surface area (Å²) in [6.07, 6.45) is 0. The molecule has 37 heavy (non-hydrogen) atoms. The van der Waals surface area contributed by atoms with Crippen molar-refractivity contribution in [1.82, 2.24) is 13.9 Å². The molecule has 1 amide bonds. The number of hydrogen-bond donors (Lipinski definition) is 3. The van der Waals surface area contributed by atoms with Crippen LogP contribution in [-0.4, -0.2) is 42.9 Å². The van der Waals surface area contributed by atoms with Crippen LogP contribution in [0.25, 0.3) is 21.6 Å². The molecule has 0 radical (unpaired) electrons. The zero-order chi connectivity index (χ0) is 26.0. The number of carbonyl (C=O) groups is 2. The van der Waals surface area contributed by atoms with Crippen LogP contribution in [0.1, 0.15) is 33.9 Å². The number of nitrogens with zero attached hydrogens (tertiary/aromatic N) is 3. The quantitative estimate of drug-likeness (QED) is 0.216. The summed E-state index contributed by atoms with van der Waals surface area (Å²) in [7, 11) is 0. The van der Waals surface area contributed by atoms with Crippen LogP contribution in [0, 0.1) is 0 Å². The second-order valence-corrected chi connectivity index (χ2v) is 10.9. The number of hydrogen-bond acceptors (Lipinski definition) is 8. The van der Waals surface area contributed by atoms with Crippen LogP contribution in [0.15, 0.2) is 72.1 Å². The molecule has 5 rings (SSSR count). The Morgan fingerprint density at radius 1 is 1.05 bits per heavy atom. The molecule has 0 unspecified atom stereocenters. The number of carbonyl (C=O) groups excluding carboxylic acids is 2. The maximum Gasteiger partial charge on any atom is 0.268 e. The molecule has 2 aromatic carbocycles. The number of nitrogens with one attached hydrogen (secondary N) is 2. The minimum absolute atomic E-state index is 0.0193. The summed E-state index contributed by atoms with van der Waals surface area (Å²) in [5.74, 6) is 0.0306. The molecule has 0 bridgehead atoms. The number of anilines is 2. The Morgan fingerprint density at radius 3 is 2.59 bits per heavy atom.